The lowest BCUT2D eigenvalue weighted by atomic mass is 10.0. The van der Waals surface area contributed by atoms with Crippen molar-refractivity contribution >= 4 is 32.4 Å². The molecule has 10 heteroatoms. The van der Waals surface area contributed by atoms with Crippen molar-refractivity contribution in [2.75, 3.05) is 19.0 Å². The third-order valence-corrected chi connectivity index (χ3v) is 8.15. The van der Waals surface area contributed by atoms with Gasteiger partial charge in [-0.25, -0.2) is 13.4 Å². The maximum Gasteiger partial charge on any atom is 0.244 e. The molecule has 1 fully saturated rings. The van der Waals surface area contributed by atoms with Gasteiger partial charge in [0.25, 0.3) is 0 Å². The monoisotopic (exact) mass is 482 g/mol. The van der Waals surface area contributed by atoms with E-state index < -0.39 is 22.0 Å². The Morgan fingerprint density at radius 3 is 2.58 bits per heavy atom. The third kappa shape index (κ3) is 4.90. The second-order valence-corrected chi connectivity index (χ2v) is 10.3. The van der Waals surface area contributed by atoms with Crippen LogP contribution in [0.3, 0.4) is 0 Å². The summed E-state index contributed by atoms with van der Waals surface area (Å²) in [6, 6.07) is 14.3. The van der Waals surface area contributed by atoms with Crippen molar-refractivity contribution in [3.63, 3.8) is 0 Å². The topological polar surface area (TPSA) is 112 Å². The van der Waals surface area contributed by atoms with E-state index >= 15 is 0 Å². The minimum atomic E-state index is -3.88. The van der Waals surface area contributed by atoms with E-state index in [1.807, 2.05) is 35.7 Å². The number of methoxy groups -OCH3 is 1. The van der Waals surface area contributed by atoms with Gasteiger partial charge in [-0.05, 0) is 61.4 Å². The molecule has 1 amide bonds. The number of rotatable bonds is 6. The van der Waals surface area contributed by atoms with Crippen molar-refractivity contribution in [2.24, 2.45) is 0 Å². The lowest BCUT2D eigenvalue weighted by Crippen LogP contribution is -2.49. The van der Waals surface area contributed by atoms with Crippen molar-refractivity contribution in [1.29, 1.82) is 5.26 Å². The zero-order valence-corrected chi connectivity index (χ0v) is 19.5. The Hall–Kier alpha value is -3.26. The third-order valence-electron chi connectivity index (χ3n) is 5.47. The summed E-state index contributed by atoms with van der Waals surface area (Å²) < 4.78 is 32.9. The number of nitrogens with one attached hydrogen (secondary N) is 1. The first-order valence-corrected chi connectivity index (χ1v) is 12.7. The fourth-order valence-electron chi connectivity index (χ4n) is 3.71. The van der Waals surface area contributed by atoms with Crippen LogP contribution in [0, 0.1) is 11.3 Å². The van der Waals surface area contributed by atoms with Crippen LogP contribution in [0.15, 0.2) is 58.8 Å². The maximum absolute atomic E-state index is 13.2. The first kappa shape index (κ1) is 22.9. The predicted octanol–water partition coefficient (Wildman–Crippen LogP) is 3.87. The number of benzene rings is 2. The van der Waals surface area contributed by atoms with Crippen LogP contribution >= 0.6 is 11.3 Å². The van der Waals surface area contributed by atoms with Crippen LogP contribution < -0.4 is 10.1 Å². The first-order chi connectivity index (χ1) is 15.9. The summed E-state index contributed by atoms with van der Waals surface area (Å²) >= 11 is 1.28. The van der Waals surface area contributed by atoms with Crippen molar-refractivity contribution < 1.29 is 17.9 Å². The molecule has 4 rings (SSSR count). The summed E-state index contributed by atoms with van der Waals surface area (Å²) in [5, 5.41) is 14.0. The van der Waals surface area contributed by atoms with E-state index in [4.69, 9.17) is 10.00 Å². The lowest BCUT2D eigenvalue weighted by molar-refractivity contribution is -0.120. The maximum atomic E-state index is 13.2. The van der Waals surface area contributed by atoms with Crippen LogP contribution in [0.4, 0.5) is 5.13 Å². The number of amides is 1. The van der Waals surface area contributed by atoms with Gasteiger partial charge in [0.05, 0.1) is 29.3 Å². The van der Waals surface area contributed by atoms with E-state index in [-0.39, 0.29) is 11.4 Å². The SMILES string of the molecule is COc1ccc(-c2csc(NC(=O)[C@H]3CCCCN3S(=O)(=O)c3ccc(C#N)cc3)n2)cc1. The van der Waals surface area contributed by atoms with Gasteiger partial charge in [-0.15, -0.1) is 11.3 Å². The number of thiazole rings is 1. The molecular formula is C23H22N4O4S2. The molecule has 0 radical (unpaired) electrons. The molecule has 1 saturated heterocycles. The molecule has 0 saturated carbocycles. The van der Waals surface area contributed by atoms with Gasteiger partial charge < -0.3 is 10.1 Å². The molecule has 0 bridgehead atoms. The Morgan fingerprint density at radius 1 is 1.18 bits per heavy atom. The highest BCUT2D eigenvalue weighted by molar-refractivity contribution is 7.89. The number of carbonyl (C=O) groups excluding carboxylic acids is 1. The normalized spacial score (nSPS) is 16.7. The highest BCUT2D eigenvalue weighted by atomic mass is 32.2. The predicted molar refractivity (Wildman–Crippen MR) is 125 cm³/mol. The van der Waals surface area contributed by atoms with Crippen molar-refractivity contribution in [3.8, 4) is 23.1 Å². The van der Waals surface area contributed by atoms with Gasteiger partial charge in [0, 0.05) is 17.5 Å². The quantitative estimate of drug-likeness (QED) is 0.571. The van der Waals surface area contributed by atoms with Crippen LogP contribution in [-0.4, -0.2) is 43.3 Å². The van der Waals surface area contributed by atoms with Crippen molar-refractivity contribution in [1.82, 2.24) is 9.29 Å². The zero-order valence-electron chi connectivity index (χ0n) is 17.9. The van der Waals surface area contributed by atoms with Gasteiger partial charge in [0.1, 0.15) is 11.8 Å². The molecule has 2 aromatic carbocycles. The van der Waals surface area contributed by atoms with E-state index in [1.54, 1.807) is 7.11 Å². The molecule has 1 atom stereocenters. The Morgan fingerprint density at radius 2 is 1.91 bits per heavy atom. The Labute approximate surface area is 196 Å². The Balaban J connectivity index is 1.51. The average Bonchev–Trinajstić information content (AvgIpc) is 3.32. The smallest absolute Gasteiger partial charge is 0.244 e. The summed E-state index contributed by atoms with van der Waals surface area (Å²) in [6.45, 7) is 0.259. The number of hydrogen-bond donors (Lipinski definition) is 1. The number of ether oxygens (including phenoxy) is 1. The summed E-state index contributed by atoms with van der Waals surface area (Å²) in [4.78, 5) is 17.6. The molecule has 170 valence electrons. The van der Waals surface area contributed by atoms with Crippen LogP contribution in [0.2, 0.25) is 0 Å². The number of hydrogen-bond acceptors (Lipinski definition) is 7. The number of nitrogens with zero attached hydrogens (tertiary/aromatic N) is 3. The number of anilines is 1. The minimum Gasteiger partial charge on any atom is -0.497 e. The molecule has 0 spiro atoms. The van der Waals surface area contributed by atoms with Gasteiger partial charge in [-0.2, -0.15) is 9.57 Å². The first-order valence-electron chi connectivity index (χ1n) is 10.3. The lowest BCUT2D eigenvalue weighted by Gasteiger charge is -2.33. The zero-order chi connectivity index (χ0) is 23.4. The number of sulfonamides is 1. The fraction of sp³-hybridized carbons (Fsp3) is 0.261. The summed E-state index contributed by atoms with van der Waals surface area (Å²) in [5.41, 5.74) is 1.97. The molecule has 1 aliphatic rings. The molecule has 33 heavy (non-hydrogen) atoms. The van der Waals surface area contributed by atoms with E-state index in [0.29, 0.717) is 29.2 Å². The number of piperidine rings is 1. The average molecular weight is 483 g/mol. The largest absolute Gasteiger partial charge is 0.497 e. The molecule has 0 unspecified atom stereocenters. The molecule has 8 nitrogen and oxygen atoms in total. The fourth-order valence-corrected chi connectivity index (χ4v) is 6.08. The minimum absolute atomic E-state index is 0.0669. The Kier molecular flexibility index (Phi) is 6.74. The second-order valence-electron chi connectivity index (χ2n) is 7.52. The highest BCUT2D eigenvalue weighted by Crippen LogP contribution is 2.29. The molecular weight excluding hydrogens is 460 g/mol. The van der Waals surface area contributed by atoms with Crippen LogP contribution in [0.5, 0.6) is 5.75 Å². The molecule has 3 aromatic rings. The molecule has 0 aliphatic carbocycles. The van der Waals surface area contributed by atoms with E-state index in [0.717, 1.165) is 17.7 Å². The van der Waals surface area contributed by atoms with Crippen molar-refractivity contribution in [3.05, 3.63) is 59.5 Å². The van der Waals surface area contributed by atoms with E-state index in [1.165, 1.54) is 39.9 Å². The van der Waals surface area contributed by atoms with Gasteiger partial charge in [-0.1, -0.05) is 6.42 Å². The number of nitriles is 1. The molecule has 2 heterocycles. The van der Waals surface area contributed by atoms with Crippen molar-refractivity contribution in [2.45, 2.75) is 30.2 Å². The standard InChI is InChI=1S/C23H22N4O4S2/c1-31-18-9-7-17(8-10-18)20-15-32-23(25-20)26-22(28)21-4-2-3-13-27(21)33(29,30)19-11-5-16(14-24)6-12-19/h5-12,15,21H,2-4,13H2,1H3,(H,25,26,28)/t21-/m1/s1. The summed E-state index contributed by atoms with van der Waals surface area (Å²) in [5.74, 6) is 0.339. The van der Waals surface area contributed by atoms with Crippen LogP contribution in [-0.2, 0) is 14.8 Å². The summed E-state index contributed by atoms with van der Waals surface area (Å²) in [7, 11) is -2.28. The second kappa shape index (κ2) is 9.70. The van der Waals surface area contributed by atoms with Gasteiger partial charge >= 0.3 is 0 Å². The van der Waals surface area contributed by atoms with E-state index in [9.17, 15) is 13.2 Å². The van der Waals surface area contributed by atoms with Crippen LogP contribution in [0.25, 0.3) is 11.3 Å². The summed E-state index contributed by atoms with van der Waals surface area (Å²) in [6.07, 6.45) is 1.86. The van der Waals surface area contributed by atoms with Gasteiger partial charge in [0.15, 0.2) is 5.13 Å². The van der Waals surface area contributed by atoms with Gasteiger partial charge in [0.2, 0.25) is 15.9 Å². The highest BCUT2D eigenvalue weighted by Gasteiger charge is 2.37. The number of aromatic nitrogens is 1. The Bertz CT molecular complexity index is 1280. The molecule has 1 N–H and O–H groups in total. The number of carbonyl (C=O) groups is 1. The van der Waals surface area contributed by atoms with Crippen LogP contribution in [0.1, 0.15) is 24.8 Å². The molecule has 1 aromatic heterocycles. The molecule has 1 aliphatic heterocycles. The van der Waals surface area contributed by atoms with Gasteiger partial charge in [-0.3, -0.25) is 4.79 Å². The van der Waals surface area contributed by atoms with E-state index in [2.05, 4.69) is 10.3 Å².